The highest BCUT2D eigenvalue weighted by atomic mass is 16.6. The lowest BCUT2D eigenvalue weighted by Gasteiger charge is -2.30. The summed E-state index contributed by atoms with van der Waals surface area (Å²) in [5.74, 6) is 0.428. The minimum atomic E-state index is -0.0197. The molecule has 0 amide bonds. The molecule has 1 heterocycles. The number of fused-ring (bicyclic) bond motifs is 3. The van der Waals surface area contributed by atoms with Crippen LogP contribution in [0.25, 0.3) is 0 Å². The summed E-state index contributed by atoms with van der Waals surface area (Å²) in [5.41, 5.74) is 5.30. The fourth-order valence-electron chi connectivity index (χ4n) is 3.36. The van der Waals surface area contributed by atoms with Gasteiger partial charge in [-0.15, -0.1) is 0 Å². The van der Waals surface area contributed by atoms with Crippen LogP contribution in [0.15, 0.2) is 12.1 Å². The normalized spacial score (nSPS) is 30.8. The van der Waals surface area contributed by atoms with Gasteiger partial charge >= 0.3 is 5.97 Å². The zero-order valence-corrected chi connectivity index (χ0v) is 10.6. The number of carbonyl (C=O) groups is 1. The van der Waals surface area contributed by atoms with Crippen molar-refractivity contribution in [3.8, 4) is 0 Å². The first kappa shape index (κ1) is 10.8. The summed E-state index contributed by atoms with van der Waals surface area (Å²) in [6, 6.07) is 4.32. The molecular weight excluding hydrogens is 212 g/mol. The van der Waals surface area contributed by atoms with Gasteiger partial charge < -0.3 is 4.74 Å². The van der Waals surface area contributed by atoms with Crippen molar-refractivity contribution in [2.45, 2.75) is 39.7 Å². The van der Waals surface area contributed by atoms with E-state index in [0.717, 1.165) is 12.8 Å². The first-order valence-electron chi connectivity index (χ1n) is 6.39. The zero-order valence-electron chi connectivity index (χ0n) is 10.6. The van der Waals surface area contributed by atoms with E-state index in [-0.39, 0.29) is 18.0 Å². The summed E-state index contributed by atoms with van der Waals surface area (Å²) in [6.07, 6.45) is 2.18. The molecule has 2 nitrogen and oxygen atoms in total. The van der Waals surface area contributed by atoms with Crippen molar-refractivity contribution >= 4 is 5.97 Å². The maximum absolute atomic E-state index is 11.7. The van der Waals surface area contributed by atoms with Crippen LogP contribution in [0.3, 0.4) is 0 Å². The fraction of sp³-hybridized carbons (Fsp3) is 0.533. The zero-order chi connectivity index (χ0) is 12.2. The van der Waals surface area contributed by atoms with Crippen molar-refractivity contribution in [3.63, 3.8) is 0 Å². The van der Waals surface area contributed by atoms with Gasteiger partial charge in [-0.2, -0.15) is 0 Å². The van der Waals surface area contributed by atoms with E-state index < -0.39 is 0 Å². The van der Waals surface area contributed by atoms with Gasteiger partial charge in [0.15, 0.2) is 0 Å². The van der Waals surface area contributed by atoms with Crippen molar-refractivity contribution in [1.29, 1.82) is 0 Å². The molecule has 3 unspecified atom stereocenters. The lowest BCUT2D eigenvalue weighted by molar-refractivity contribution is -0.144. The molecule has 0 saturated carbocycles. The van der Waals surface area contributed by atoms with Crippen LogP contribution in [0.4, 0.5) is 0 Å². The highest BCUT2D eigenvalue weighted by molar-refractivity contribution is 5.75. The van der Waals surface area contributed by atoms with E-state index in [1.165, 1.54) is 22.3 Å². The van der Waals surface area contributed by atoms with E-state index >= 15 is 0 Å². The third-order valence-electron chi connectivity index (χ3n) is 4.47. The van der Waals surface area contributed by atoms with Crippen molar-refractivity contribution in [2.24, 2.45) is 11.8 Å². The van der Waals surface area contributed by atoms with Crippen LogP contribution < -0.4 is 0 Å². The van der Waals surface area contributed by atoms with Crippen molar-refractivity contribution in [2.75, 3.05) is 0 Å². The Hall–Kier alpha value is -1.31. The van der Waals surface area contributed by atoms with Crippen molar-refractivity contribution in [3.05, 3.63) is 34.4 Å². The van der Waals surface area contributed by atoms with Gasteiger partial charge in [0.1, 0.15) is 6.10 Å². The Morgan fingerprint density at radius 3 is 2.71 bits per heavy atom. The minimum absolute atomic E-state index is 0.0150. The molecule has 0 spiro atoms. The van der Waals surface area contributed by atoms with Gasteiger partial charge in [-0.25, -0.2) is 0 Å². The maximum Gasteiger partial charge on any atom is 0.309 e. The quantitative estimate of drug-likeness (QED) is 0.640. The van der Waals surface area contributed by atoms with Crippen LogP contribution in [-0.4, -0.2) is 5.97 Å². The van der Waals surface area contributed by atoms with Crippen LogP contribution in [0.5, 0.6) is 0 Å². The standard InChI is InChI=1S/C15H18O2/c1-8-4-5-9(2)13-11(8)6-7-12-10(3)15(16)17-14(12)13/h4-5,10,12,14H,6-7H2,1-3H3. The summed E-state index contributed by atoms with van der Waals surface area (Å²) in [6.45, 7) is 6.28. The Balaban J connectivity index is 2.14. The molecule has 1 aliphatic heterocycles. The minimum Gasteiger partial charge on any atom is -0.457 e. The number of aryl methyl sites for hydroxylation is 2. The molecule has 1 fully saturated rings. The molecule has 3 atom stereocenters. The number of carbonyl (C=O) groups excluding carboxylic acids is 1. The molecule has 0 N–H and O–H groups in total. The molecule has 0 radical (unpaired) electrons. The second kappa shape index (κ2) is 3.59. The molecule has 2 heteroatoms. The van der Waals surface area contributed by atoms with Gasteiger partial charge in [0.2, 0.25) is 0 Å². The second-order valence-corrected chi connectivity index (χ2v) is 5.44. The largest absolute Gasteiger partial charge is 0.457 e. The number of benzene rings is 1. The summed E-state index contributed by atoms with van der Waals surface area (Å²) >= 11 is 0. The summed E-state index contributed by atoms with van der Waals surface area (Å²) in [4.78, 5) is 11.7. The molecule has 0 aromatic heterocycles. The number of rotatable bonds is 0. The Labute approximate surface area is 102 Å². The van der Waals surface area contributed by atoms with Gasteiger partial charge in [-0.05, 0) is 48.9 Å². The molecule has 1 aliphatic carbocycles. The van der Waals surface area contributed by atoms with E-state index in [0.29, 0.717) is 5.92 Å². The SMILES string of the molecule is Cc1ccc(C)c2c1CCC1C(C)C(=O)OC21. The summed E-state index contributed by atoms with van der Waals surface area (Å²) in [5, 5.41) is 0. The first-order valence-corrected chi connectivity index (χ1v) is 6.39. The van der Waals surface area contributed by atoms with Crippen LogP contribution in [0.2, 0.25) is 0 Å². The smallest absolute Gasteiger partial charge is 0.309 e. The fourth-order valence-corrected chi connectivity index (χ4v) is 3.36. The third kappa shape index (κ3) is 1.43. The van der Waals surface area contributed by atoms with E-state index in [9.17, 15) is 4.79 Å². The third-order valence-corrected chi connectivity index (χ3v) is 4.47. The van der Waals surface area contributed by atoms with E-state index in [4.69, 9.17) is 4.74 Å². The van der Waals surface area contributed by atoms with Gasteiger partial charge in [-0.3, -0.25) is 4.79 Å². The van der Waals surface area contributed by atoms with Crippen LogP contribution in [0, 0.1) is 25.7 Å². The second-order valence-electron chi connectivity index (χ2n) is 5.44. The summed E-state index contributed by atoms with van der Waals surface area (Å²) in [7, 11) is 0. The average Bonchev–Trinajstić information content (AvgIpc) is 2.60. The number of hydrogen-bond donors (Lipinski definition) is 0. The molecule has 1 aromatic carbocycles. The maximum atomic E-state index is 11.7. The lowest BCUT2D eigenvalue weighted by atomic mass is 9.75. The number of ether oxygens (including phenoxy) is 1. The molecule has 3 rings (SSSR count). The van der Waals surface area contributed by atoms with E-state index in [1.54, 1.807) is 0 Å². The summed E-state index contributed by atoms with van der Waals surface area (Å²) < 4.78 is 5.60. The molecule has 1 aromatic rings. The van der Waals surface area contributed by atoms with Crippen molar-refractivity contribution in [1.82, 2.24) is 0 Å². The highest BCUT2D eigenvalue weighted by Crippen LogP contribution is 2.47. The molecule has 0 bridgehead atoms. The monoisotopic (exact) mass is 230 g/mol. The average molecular weight is 230 g/mol. The topological polar surface area (TPSA) is 26.3 Å². The predicted molar refractivity (Wildman–Crippen MR) is 65.7 cm³/mol. The van der Waals surface area contributed by atoms with Crippen LogP contribution in [-0.2, 0) is 16.0 Å². The van der Waals surface area contributed by atoms with Gasteiger partial charge in [0, 0.05) is 5.92 Å². The molecular formula is C15H18O2. The predicted octanol–water partition coefficient (Wildman–Crippen LogP) is 3.10. The number of hydrogen-bond acceptors (Lipinski definition) is 2. The Morgan fingerprint density at radius 2 is 1.94 bits per heavy atom. The Bertz CT molecular complexity index is 490. The Kier molecular flexibility index (Phi) is 2.29. The Morgan fingerprint density at radius 1 is 1.24 bits per heavy atom. The molecule has 90 valence electrons. The first-order chi connectivity index (χ1) is 8.09. The van der Waals surface area contributed by atoms with Gasteiger partial charge in [0.25, 0.3) is 0 Å². The lowest BCUT2D eigenvalue weighted by Crippen LogP contribution is -2.22. The van der Waals surface area contributed by atoms with Gasteiger partial charge in [0.05, 0.1) is 5.92 Å². The van der Waals surface area contributed by atoms with Gasteiger partial charge in [-0.1, -0.05) is 19.1 Å². The van der Waals surface area contributed by atoms with Crippen LogP contribution >= 0.6 is 0 Å². The van der Waals surface area contributed by atoms with E-state index in [1.807, 2.05) is 6.92 Å². The van der Waals surface area contributed by atoms with E-state index in [2.05, 4.69) is 26.0 Å². The van der Waals surface area contributed by atoms with Crippen LogP contribution in [0.1, 0.15) is 41.7 Å². The number of esters is 1. The highest BCUT2D eigenvalue weighted by Gasteiger charge is 2.45. The molecule has 2 aliphatic rings. The van der Waals surface area contributed by atoms with Crippen molar-refractivity contribution < 1.29 is 9.53 Å². The molecule has 17 heavy (non-hydrogen) atoms. The molecule has 1 saturated heterocycles.